The zero-order valence-corrected chi connectivity index (χ0v) is 17.7. The van der Waals surface area contributed by atoms with Gasteiger partial charge in [0.1, 0.15) is 12.2 Å². The van der Waals surface area contributed by atoms with Crippen molar-refractivity contribution in [2.24, 2.45) is 12.0 Å². The molecule has 0 atom stereocenters. The summed E-state index contributed by atoms with van der Waals surface area (Å²) in [5.41, 5.74) is 2.58. The molecule has 2 aromatic rings. The Balaban J connectivity index is 0.00000312. The van der Waals surface area contributed by atoms with E-state index in [1.165, 1.54) is 11.3 Å². The average Bonchev–Trinajstić information content (AvgIpc) is 3.00. The second kappa shape index (κ2) is 10.9. The predicted molar refractivity (Wildman–Crippen MR) is 114 cm³/mol. The Hall–Kier alpha value is -1.84. The van der Waals surface area contributed by atoms with E-state index in [9.17, 15) is 0 Å². The van der Waals surface area contributed by atoms with Crippen molar-refractivity contribution in [1.82, 2.24) is 25.4 Å². The van der Waals surface area contributed by atoms with Crippen molar-refractivity contribution in [3.63, 3.8) is 0 Å². The molecule has 0 fully saturated rings. The fraction of sp³-hybridized carbons (Fsp3) is 0.471. The number of benzene rings is 1. The Labute approximate surface area is 166 Å². The molecule has 0 aliphatic carbocycles. The quantitative estimate of drug-likeness (QED) is 0.378. The number of nitrogens with one attached hydrogen (secondary N) is 2. The van der Waals surface area contributed by atoms with Crippen LogP contribution >= 0.6 is 24.0 Å². The van der Waals surface area contributed by atoms with Crippen LogP contribution in [0.3, 0.4) is 0 Å². The van der Waals surface area contributed by atoms with Crippen LogP contribution in [0.2, 0.25) is 0 Å². The number of hydrogen-bond acceptors (Lipinski definition) is 4. The molecule has 0 aliphatic heterocycles. The monoisotopic (exact) mass is 457 g/mol. The number of likely N-dealkylation sites (N-methyl/N-ethyl adjacent to an activating group) is 1. The number of nitrogens with zero attached hydrogens (tertiary/aromatic N) is 5. The molecule has 25 heavy (non-hydrogen) atoms. The molecule has 7 nitrogen and oxygen atoms in total. The van der Waals surface area contributed by atoms with E-state index in [2.05, 4.69) is 68.7 Å². The van der Waals surface area contributed by atoms with Crippen LogP contribution in [-0.4, -0.2) is 47.4 Å². The van der Waals surface area contributed by atoms with Gasteiger partial charge in [-0.25, -0.2) is 4.98 Å². The van der Waals surface area contributed by atoms with Crippen molar-refractivity contribution in [2.45, 2.75) is 20.4 Å². The van der Waals surface area contributed by atoms with Gasteiger partial charge in [0, 0.05) is 39.4 Å². The van der Waals surface area contributed by atoms with Crippen molar-refractivity contribution in [2.75, 3.05) is 31.6 Å². The third-order valence-electron chi connectivity index (χ3n) is 3.95. The standard InChI is InChI=1S/C17H27N7.HI/c1-5-24(15-9-7-6-8-14(15)2)11-10-19-17(18-3)20-12-16-21-13-22-23(16)4;/h6-9,13H,5,10-12H2,1-4H3,(H2,18,19,20);1H. The minimum absolute atomic E-state index is 0. The van der Waals surface area contributed by atoms with E-state index in [4.69, 9.17) is 0 Å². The number of aromatic nitrogens is 3. The van der Waals surface area contributed by atoms with E-state index in [-0.39, 0.29) is 24.0 Å². The molecule has 0 saturated heterocycles. The van der Waals surface area contributed by atoms with Crippen LogP contribution in [0.25, 0.3) is 0 Å². The van der Waals surface area contributed by atoms with Gasteiger partial charge >= 0.3 is 0 Å². The Morgan fingerprint density at radius 2 is 2.04 bits per heavy atom. The molecule has 1 aromatic carbocycles. The van der Waals surface area contributed by atoms with Crippen LogP contribution in [0.15, 0.2) is 35.6 Å². The number of hydrogen-bond donors (Lipinski definition) is 2. The number of guanidine groups is 1. The van der Waals surface area contributed by atoms with E-state index in [0.29, 0.717) is 6.54 Å². The van der Waals surface area contributed by atoms with E-state index < -0.39 is 0 Å². The topological polar surface area (TPSA) is 70.4 Å². The van der Waals surface area contributed by atoms with Gasteiger partial charge in [-0.15, -0.1) is 24.0 Å². The molecular formula is C17H28IN7. The Morgan fingerprint density at radius 3 is 2.64 bits per heavy atom. The molecule has 0 amide bonds. The number of aryl methyl sites for hydroxylation is 2. The van der Waals surface area contributed by atoms with Gasteiger partial charge in [0.2, 0.25) is 0 Å². The third kappa shape index (κ3) is 6.18. The van der Waals surface area contributed by atoms with Gasteiger partial charge in [0.25, 0.3) is 0 Å². The van der Waals surface area contributed by atoms with E-state index in [1.54, 1.807) is 18.1 Å². The van der Waals surface area contributed by atoms with Gasteiger partial charge in [0.05, 0.1) is 6.54 Å². The molecular weight excluding hydrogens is 429 g/mol. The van der Waals surface area contributed by atoms with Gasteiger partial charge in [-0.2, -0.15) is 5.10 Å². The van der Waals surface area contributed by atoms with Crippen molar-refractivity contribution in [1.29, 1.82) is 0 Å². The molecule has 1 heterocycles. The van der Waals surface area contributed by atoms with Crippen LogP contribution in [0.1, 0.15) is 18.3 Å². The fourth-order valence-corrected chi connectivity index (χ4v) is 2.54. The number of aliphatic imine (C=N–C) groups is 1. The number of para-hydroxylation sites is 1. The van der Waals surface area contributed by atoms with Crippen LogP contribution in [0.5, 0.6) is 0 Å². The molecule has 2 N–H and O–H groups in total. The molecule has 0 bridgehead atoms. The summed E-state index contributed by atoms with van der Waals surface area (Å²) in [6.07, 6.45) is 1.55. The van der Waals surface area contributed by atoms with Gasteiger partial charge in [-0.1, -0.05) is 18.2 Å². The summed E-state index contributed by atoms with van der Waals surface area (Å²) < 4.78 is 1.75. The number of anilines is 1. The predicted octanol–water partition coefficient (Wildman–Crippen LogP) is 1.93. The molecule has 0 aliphatic rings. The highest BCUT2D eigenvalue weighted by Gasteiger charge is 2.07. The SMILES string of the molecule is CCN(CCNC(=NC)NCc1ncnn1C)c1ccccc1C.I. The van der Waals surface area contributed by atoms with Gasteiger partial charge in [-0.3, -0.25) is 9.67 Å². The normalized spacial score (nSPS) is 11.0. The summed E-state index contributed by atoms with van der Waals surface area (Å²) >= 11 is 0. The first-order valence-electron chi connectivity index (χ1n) is 8.23. The lowest BCUT2D eigenvalue weighted by Gasteiger charge is -2.25. The Morgan fingerprint density at radius 1 is 1.28 bits per heavy atom. The maximum atomic E-state index is 4.25. The second-order valence-electron chi connectivity index (χ2n) is 5.52. The molecule has 1 aromatic heterocycles. The Bertz CT molecular complexity index is 669. The van der Waals surface area contributed by atoms with Gasteiger partial charge in [0.15, 0.2) is 5.96 Å². The molecule has 0 unspecified atom stereocenters. The highest BCUT2D eigenvalue weighted by atomic mass is 127. The molecule has 0 saturated carbocycles. The minimum atomic E-state index is 0. The van der Waals surface area contributed by atoms with E-state index >= 15 is 0 Å². The van der Waals surface area contributed by atoms with Crippen LogP contribution in [-0.2, 0) is 13.6 Å². The smallest absolute Gasteiger partial charge is 0.191 e. The lowest BCUT2D eigenvalue weighted by Crippen LogP contribution is -2.41. The molecule has 138 valence electrons. The maximum absolute atomic E-state index is 4.25. The van der Waals surface area contributed by atoms with Crippen molar-refractivity contribution >= 4 is 35.6 Å². The lowest BCUT2D eigenvalue weighted by atomic mass is 10.2. The van der Waals surface area contributed by atoms with Crippen molar-refractivity contribution in [3.8, 4) is 0 Å². The maximum Gasteiger partial charge on any atom is 0.191 e. The summed E-state index contributed by atoms with van der Waals surface area (Å²) in [5.74, 6) is 1.63. The van der Waals surface area contributed by atoms with Crippen LogP contribution < -0.4 is 15.5 Å². The average molecular weight is 457 g/mol. The summed E-state index contributed by atoms with van der Waals surface area (Å²) in [5, 5.41) is 10.7. The van der Waals surface area contributed by atoms with Crippen molar-refractivity contribution < 1.29 is 0 Å². The molecule has 0 spiro atoms. The third-order valence-corrected chi connectivity index (χ3v) is 3.95. The number of halogens is 1. The van der Waals surface area contributed by atoms with E-state index in [1.807, 2.05) is 7.05 Å². The summed E-state index contributed by atoms with van der Waals surface area (Å²) in [7, 11) is 3.65. The fourth-order valence-electron chi connectivity index (χ4n) is 2.54. The first-order chi connectivity index (χ1) is 11.7. The zero-order valence-electron chi connectivity index (χ0n) is 15.4. The minimum Gasteiger partial charge on any atom is -0.370 e. The number of rotatable bonds is 7. The van der Waals surface area contributed by atoms with E-state index in [0.717, 1.165) is 31.4 Å². The second-order valence-corrected chi connectivity index (χ2v) is 5.52. The first-order valence-corrected chi connectivity index (χ1v) is 8.23. The van der Waals surface area contributed by atoms with Gasteiger partial charge in [-0.05, 0) is 25.5 Å². The van der Waals surface area contributed by atoms with Gasteiger partial charge < -0.3 is 15.5 Å². The summed E-state index contributed by atoms with van der Waals surface area (Å²) in [6, 6.07) is 8.47. The first kappa shape index (κ1) is 21.2. The summed E-state index contributed by atoms with van der Waals surface area (Å²) in [6.45, 7) is 7.59. The molecule has 8 heteroatoms. The highest BCUT2D eigenvalue weighted by molar-refractivity contribution is 14.0. The zero-order chi connectivity index (χ0) is 17.4. The van der Waals surface area contributed by atoms with Crippen LogP contribution in [0.4, 0.5) is 5.69 Å². The van der Waals surface area contributed by atoms with Crippen molar-refractivity contribution in [3.05, 3.63) is 42.0 Å². The Kier molecular flexibility index (Phi) is 9.25. The van der Waals surface area contributed by atoms with Crippen LogP contribution in [0, 0.1) is 6.92 Å². The molecule has 0 radical (unpaired) electrons. The largest absolute Gasteiger partial charge is 0.370 e. The molecule has 2 rings (SSSR count). The lowest BCUT2D eigenvalue weighted by molar-refractivity contribution is 0.670. The highest BCUT2D eigenvalue weighted by Crippen LogP contribution is 2.18. The summed E-state index contributed by atoms with van der Waals surface area (Å²) in [4.78, 5) is 10.8.